The average Bonchev–Trinajstić information content (AvgIpc) is 3.00. The van der Waals surface area contributed by atoms with Crippen LogP contribution in [0.3, 0.4) is 0 Å². The predicted molar refractivity (Wildman–Crippen MR) is 98.1 cm³/mol. The van der Waals surface area contributed by atoms with Crippen molar-refractivity contribution in [1.29, 1.82) is 0 Å². The average molecular weight is 358 g/mol. The first kappa shape index (κ1) is 17.2. The number of rotatable bonds is 4. The first-order valence-electron chi connectivity index (χ1n) is 7.88. The Morgan fingerprint density at radius 2 is 1.92 bits per heavy atom. The van der Waals surface area contributed by atoms with Crippen molar-refractivity contribution in [3.63, 3.8) is 0 Å². The molecule has 3 aromatic rings. The third-order valence-electron chi connectivity index (χ3n) is 3.98. The Hall–Kier alpha value is -2.67. The van der Waals surface area contributed by atoms with Gasteiger partial charge in [0.1, 0.15) is 10.4 Å². The molecule has 0 aliphatic heterocycles. The smallest absolute Gasteiger partial charge is 0.332 e. The number of carbonyl (C=O) groups excluding carboxylic acids is 1. The lowest BCUT2D eigenvalue weighted by atomic mass is 10.1. The maximum absolute atomic E-state index is 12.9. The number of benzene rings is 1. The van der Waals surface area contributed by atoms with Crippen LogP contribution in [0.2, 0.25) is 0 Å². The molecule has 0 unspecified atom stereocenters. The van der Waals surface area contributed by atoms with Crippen molar-refractivity contribution >= 4 is 27.5 Å². The summed E-state index contributed by atoms with van der Waals surface area (Å²) in [4.78, 5) is 41.6. The summed E-state index contributed by atoms with van der Waals surface area (Å²) >= 11 is 1.33. The van der Waals surface area contributed by atoms with Crippen LogP contribution in [-0.4, -0.2) is 22.1 Å². The van der Waals surface area contributed by atoms with Crippen LogP contribution < -0.4 is 11.2 Å². The molecule has 0 radical (unpaired) electrons. The van der Waals surface area contributed by atoms with Gasteiger partial charge in [-0.1, -0.05) is 30.3 Å². The summed E-state index contributed by atoms with van der Waals surface area (Å²) in [7, 11) is 0. The van der Waals surface area contributed by atoms with E-state index in [1.165, 1.54) is 25.2 Å². The summed E-state index contributed by atoms with van der Waals surface area (Å²) in [6.07, 6.45) is 0. The molecule has 3 rings (SSSR count). The van der Waals surface area contributed by atoms with Crippen LogP contribution in [0.4, 0.5) is 0 Å². The van der Waals surface area contributed by atoms with Crippen molar-refractivity contribution in [3.8, 4) is 10.4 Å². The molecule has 2 aromatic heterocycles. The summed E-state index contributed by atoms with van der Waals surface area (Å²) in [5, 5.41) is 0.376. The molecule has 0 saturated heterocycles. The lowest BCUT2D eigenvalue weighted by Crippen LogP contribution is -2.51. The minimum atomic E-state index is -1.40. The zero-order chi connectivity index (χ0) is 18.2. The molecule has 25 heavy (non-hydrogen) atoms. The number of nitrogens with one attached hydrogen (secondary N) is 1. The highest BCUT2D eigenvalue weighted by Gasteiger charge is 2.35. The molecule has 0 bridgehead atoms. The maximum atomic E-state index is 12.9. The van der Waals surface area contributed by atoms with E-state index in [-0.39, 0.29) is 6.61 Å². The van der Waals surface area contributed by atoms with E-state index in [1.54, 1.807) is 13.0 Å². The molecule has 1 aromatic carbocycles. The number of ether oxygens (including phenoxy) is 1. The number of hydrogen-bond acceptors (Lipinski definition) is 5. The van der Waals surface area contributed by atoms with Gasteiger partial charge in [0, 0.05) is 4.88 Å². The van der Waals surface area contributed by atoms with Crippen LogP contribution in [0.5, 0.6) is 0 Å². The van der Waals surface area contributed by atoms with E-state index in [9.17, 15) is 14.4 Å². The Bertz CT molecular complexity index is 1040. The minimum Gasteiger partial charge on any atom is -0.464 e. The van der Waals surface area contributed by atoms with E-state index in [0.717, 1.165) is 15.0 Å². The molecule has 0 amide bonds. The van der Waals surface area contributed by atoms with Gasteiger partial charge in [0.05, 0.1) is 12.0 Å². The standard InChI is InChI=1S/C18H18N2O4S/c1-4-24-16(22)18(2,3)20-15(21)12-10-13(11-8-6-5-7-9-11)25-14(12)19-17(20)23/h5-10H,4H2,1-3H3,(H,19,23). The van der Waals surface area contributed by atoms with Crippen molar-refractivity contribution in [3.05, 3.63) is 57.2 Å². The summed E-state index contributed by atoms with van der Waals surface area (Å²) in [5.41, 5.74) is -1.57. The van der Waals surface area contributed by atoms with Gasteiger partial charge in [0.25, 0.3) is 5.56 Å². The predicted octanol–water partition coefficient (Wildman–Crippen LogP) is 2.72. The number of H-pyrrole nitrogens is 1. The molecule has 0 spiro atoms. The van der Waals surface area contributed by atoms with E-state index in [4.69, 9.17) is 4.74 Å². The number of fused-ring (bicyclic) bond motifs is 1. The van der Waals surface area contributed by atoms with E-state index >= 15 is 0 Å². The summed E-state index contributed by atoms with van der Waals surface area (Å²) in [6, 6.07) is 11.3. The molecule has 6 nitrogen and oxygen atoms in total. The van der Waals surface area contributed by atoms with Crippen LogP contribution in [-0.2, 0) is 15.1 Å². The second-order valence-corrected chi connectivity index (χ2v) is 7.12. The third kappa shape index (κ3) is 2.91. The second kappa shape index (κ2) is 6.33. The van der Waals surface area contributed by atoms with Crippen molar-refractivity contribution in [1.82, 2.24) is 9.55 Å². The zero-order valence-corrected chi connectivity index (χ0v) is 15.0. The van der Waals surface area contributed by atoms with E-state index < -0.39 is 22.8 Å². The molecule has 0 fully saturated rings. The molecular weight excluding hydrogens is 340 g/mol. The molecule has 130 valence electrons. The fourth-order valence-corrected chi connectivity index (χ4v) is 3.71. The fourth-order valence-electron chi connectivity index (χ4n) is 2.66. The minimum absolute atomic E-state index is 0.174. The number of thiophene rings is 1. The molecule has 0 saturated carbocycles. The molecular formula is C18H18N2O4S. The number of aromatic amines is 1. The van der Waals surface area contributed by atoms with Crippen molar-refractivity contribution in [2.24, 2.45) is 0 Å². The van der Waals surface area contributed by atoms with Crippen molar-refractivity contribution in [2.45, 2.75) is 26.3 Å². The number of nitrogens with zero attached hydrogens (tertiary/aromatic N) is 1. The van der Waals surface area contributed by atoms with Gasteiger partial charge in [-0.3, -0.25) is 9.78 Å². The monoisotopic (exact) mass is 358 g/mol. The SMILES string of the molecule is CCOC(=O)C(C)(C)n1c(=O)[nH]c2sc(-c3ccccc3)cc2c1=O. The number of hydrogen-bond donors (Lipinski definition) is 1. The number of aromatic nitrogens is 2. The van der Waals surface area contributed by atoms with Gasteiger partial charge in [-0.25, -0.2) is 14.2 Å². The Morgan fingerprint density at radius 1 is 1.24 bits per heavy atom. The second-order valence-electron chi connectivity index (χ2n) is 6.07. The summed E-state index contributed by atoms with van der Waals surface area (Å²) in [5.74, 6) is -0.625. The van der Waals surface area contributed by atoms with Crippen LogP contribution in [0.25, 0.3) is 20.7 Å². The van der Waals surface area contributed by atoms with E-state index in [0.29, 0.717) is 10.2 Å². The van der Waals surface area contributed by atoms with Crippen LogP contribution in [0.15, 0.2) is 46.0 Å². The third-order valence-corrected chi connectivity index (χ3v) is 5.08. The molecule has 0 atom stereocenters. The van der Waals surface area contributed by atoms with Gasteiger partial charge in [-0.05, 0) is 32.4 Å². The van der Waals surface area contributed by atoms with Gasteiger partial charge in [-0.15, -0.1) is 11.3 Å². The Kier molecular flexibility index (Phi) is 4.34. The van der Waals surface area contributed by atoms with Gasteiger partial charge in [0.15, 0.2) is 0 Å². The van der Waals surface area contributed by atoms with Gasteiger partial charge in [-0.2, -0.15) is 0 Å². The topological polar surface area (TPSA) is 81.2 Å². The van der Waals surface area contributed by atoms with Crippen molar-refractivity contribution in [2.75, 3.05) is 6.61 Å². The number of carbonyl (C=O) groups is 1. The molecule has 2 heterocycles. The molecule has 7 heteroatoms. The van der Waals surface area contributed by atoms with Gasteiger partial charge in [0.2, 0.25) is 0 Å². The van der Waals surface area contributed by atoms with Crippen LogP contribution >= 0.6 is 11.3 Å². The van der Waals surface area contributed by atoms with Crippen LogP contribution in [0, 0.1) is 0 Å². The van der Waals surface area contributed by atoms with Gasteiger partial charge >= 0.3 is 11.7 Å². The maximum Gasteiger partial charge on any atom is 0.332 e. The Labute approximate surface area is 147 Å². The lowest BCUT2D eigenvalue weighted by Gasteiger charge is -2.23. The quantitative estimate of drug-likeness (QED) is 0.727. The Morgan fingerprint density at radius 3 is 2.56 bits per heavy atom. The number of esters is 1. The Balaban J connectivity index is 2.21. The highest BCUT2D eigenvalue weighted by Crippen LogP contribution is 2.30. The largest absolute Gasteiger partial charge is 0.464 e. The summed E-state index contributed by atoms with van der Waals surface area (Å²) in [6.45, 7) is 4.85. The first-order valence-corrected chi connectivity index (χ1v) is 8.70. The zero-order valence-electron chi connectivity index (χ0n) is 14.2. The van der Waals surface area contributed by atoms with Crippen molar-refractivity contribution < 1.29 is 9.53 Å². The van der Waals surface area contributed by atoms with Gasteiger partial charge < -0.3 is 4.74 Å². The normalized spacial score (nSPS) is 11.6. The first-order chi connectivity index (χ1) is 11.9. The molecule has 1 N–H and O–H groups in total. The van der Waals surface area contributed by atoms with Crippen LogP contribution in [0.1, 0.15) is 20.8 Å². The lowest BCUT2D eigenvalue weighted by molar-refractivity contribution is -0.152. The fraction of sp³-hybridized carbons (Fsp3) is 0.278. The molecule has 0 aliphatic carbocycles. The summed E-state index contributed by atoms with van der Waals surface area (Å²) < 4.78 is 5.93. The van der Waals surface area contributed by atoms with E-state index in [2.05, 4.69) is 4.98 Å². The highest BCUT2D eigenvalue weighted by molar-refractivity contribution is 7.21. The highest BCUT2D eigenvalue weighted by atomic mass is 32.1. The van der Waals surface area contributed by atoms with E-state index in [1.807, 2.05) is 30.3 Å². The molecule has 0 aliphatic rings.